The van der Waals surface area contributed by atoms with Crippen molar-refractivity contribution in [3.05, 3.63) is 53.1 Å². The molecule has 19 heavy (non-hydrogen) atoms. The number of methoxy groups -OCH3 is 1. The summed E-state index contributed by atoms with van der Waals surface area (Å²) in [4.78, 5) is 0. The van der Waals surface area contributed by atoms with Crippen molar-refractivity contribution >= 4 is 0 Å². The van der Waals surface area contributed by atoms with Crippen LogP contribution in [-0.2, 0) is 6.42 Å². The molecule has 0 saturated carbocycles. The molecule has 0 amide bonds. The van der Waals surface area contributed by atoms with Crippen LogP contribution in [0.15, 0.2) is 36.4 Å². The van der Waals surface area contributed by atoms with Gasteiger partial charge in [-0.2, -0.15) is 0 Å². The molecule has 3 rings (SSSR count). The second-order valence-electron chi connectivity index (χ2n) is 5.24. The van der Waals surface area contributed by atoms with Gasteiger partial charge >= 0.3 is 0 Å². The van der Waals surface area contributed by atoms with Gasteiger partial charge < -0.3 is 10.5 Å². The van der Waals surface area contributed by atoms with Gasteiger partial charge in [-0.3, -0.25) is 0 Å². The highest BCUT2D eigenvalue weighted by atomic mass is 16.5. The normalized spacial score (nSPS) is 17.3. The van der Waals surface area contributed by atoms with Crippen molar-refractivity contribution in [1.29, 1.82) is 0 Å². The van der Waals surface area contributed by atoms with Crippen LogP contribution in [0.3, 0.4) is 0 Å². The van der Waals surface area contributed by atoms with Gasteiger partial charge in [0.15, 0.2) is 0 Å². The zero-order valence-corrected chi connectivity index (χ0v) is 11.4. The molecule has 0 bridgehead atoms. The molecule has 2 aromatic carbocycles. The maximum absolute atomic E-state index is 6.08. The Balaban J connectivity index is 2.01. The van der Waals surface area contributed by atoms with Crippen molar-refractivity contribution in [3.8, 4) is 16.9 Å². The largest absolute Gasteiger partial charge is 0.496 e. The molecular formula is C17H19NO. The third kappa shape index (κ3) is 2.13. The Morgan fingerprint density at radius 3 is 2.58 bits per heavy atom. The second kappa shape index (κ2) is 4.71. The number of benzene rings is 2. The summed E-state index contributed by atoms with van der Waals surface area (Å²) in [5.41, 5.74) is 12.5. The van der Waals surface area contributed by atoms with E-state index in [9.17, 15) is 0 Å². The molecule has 2 N–H and O–H groups in total. The first-order chi connectivity index (χ1) is 9.19. The van der Waals surface area contributed by atoms with Crippen molar-refractivity contribution in [2.24, 2.45) is 5.73 Å². The van der Waals surface area contributed by atoms with Gasteiger partial charge in [0.2, 0.25) is 0 Å². The number of aryl methyl sites for hydroxylation is 2. The second-order valence-corrected chi connectivity index (χ2v) is 5.24. The molecule has 1 aliphatic carbocycles. The molecule has 2 nitrogen and oxygen atoms in total. The fourth-order valence-electron chi connectivity index (χ4n) is 2.89. The molecule has 1 aliphatic rings. The van der Waals surface area contributed by atoms with Crippen molar-refractivity contribution in [1.82, 2.24) is 0 Å². The van der Waals surface area contributed by atoms with E-state index >= 15 is 0 Å². The summed E-state index contributed by atoms with van der Waals surface area (Å²) in [6.45, 7) is 2.08. The highest BCUT2D eigenvalue weighted by Crippen LogP contribution is 2.33. The Bertz CT molecular complexity index is 619. The molecule has 1 atom stereocenters. The van der Waals surface area contributed by atoms with Gasteiger partial charge in [0.05, 0.1) is 7.11 Å². The minimum absolute atomic E-state index is 0.224. The topological polar surface area (TPSA) is 35.2 Å². The van der Waals surface area contributed by atoms with Crippen molar-refractivity contribution in [2.45, 2.75) is 25.8 Å². The van der Waals surface area contributed by atoms with Gasteiger partial charge in [-0.05, 0) is 59.7 Å². The minimum Gasteiger partial charge on any atom is -0.496 e. The van der Waals surface area contributed by atoms with E-state index in [1.54, 1.807) is 7.11 Å². The lowest BCUT2D eigenvalue weighted by Gasteiger charge is -2.10. The van der Waals surface area contributed by atoms with Crippen LogP contribution in [0, 0.1) is 6.92 Å². The Kier molecular flexibility index (Phi) is 3.03. The molecular weight excluding hydrogens is 234 g/mol. The number of rotatable bonds is 2. The molecule has 0 radical (unpaired) electrons. The van der Waals surface area contributed by atoms with Gasteiger partial charge in [-0.25, -0.2) is 0 Å². The minimum atomic E-state index is 0.224. The van der Waals surface area contributed by atoms with Gasteiger partial charge in [0.1, 0.15) is 5.75 Å². The van der Waals surface area contributed by atoms with E-state index in [1.807, 2.05) is 6.07 Å². The quantitative estimate of drug-likeness (QED) is 0.887. The predicted octanol–water partition coefficient (Wildman–Crippen LogP) is 3.62. The summed E-state index contributed by atoms with van der Waals surface area (Å²) in [5.74, 6) is 0.937. The van der Waals surface area contributed by atoms with E-state index in [1.165, 1.54) is 22.3 Å². The highest BCUT2D eigenvalue weighted by Gasteiger charge is 2.19. The zero-order valence-electron chi connectivity index (χ0n) is 11.4. The van der Waals surface area contributed by atoms with E-state index in [0.29, 0.717) is 0 Å². The SMILES string of the molecule is COc1ccc(-c2ccc3c(c2)CCC3N)cc1C. The van der Waals surface area contributed by atoms with Crippen LogP contribution < -0.4 is 10.5 Å². The lowest BCUT2D eigenvalue weighted by molar-refractivity contribution is 0.412. The fourth-order valence-corrected chi connectivity index (χ4v) is 2.89. The van der Waals surface area contributed by atoms with E-state index < -0.39 is 0 Å². The van der Waals surface area contributed by atoms with E-state index in [0.717, 1.165) is 24.2 Å². The van der Waals surface area contributed by atoms with Crippen molar-refractivity contribution in [3.63, 3.8) is 0 Å². The predicted molar refractivity (Wildman–Crippen MR) is 78.4 cm³/mol. The van der Waals surface area contributed by atoms with Gasteiger partial charge in [-0.15, -0.1) is 0 Å². The maximum atomic E-state index is 6.08. The van der Waals surface area contributed by atoms with Crippen molar-refractivity contribution in [2.75, 3.05) is 7.11 Å². The molecule has 98 valence electrons. The first-order valence-electron chi connectivity index (χ1n) is 6.72. The van der Waals surface area contributed by atoms with E-state index in [-0.39, 0.29) is 6.04 Å². The maximum Gasteiger partial charge on any atom is 0.121 e. The number of hydrogen-bond donors (Lipinski definition) is 1. The number of fused-ring (bicyclic) bond motifs is 1. The average molecular weight is 253 g/mol. The molecule has 2 aromatic rings. The lowest BCUT2D eigenvalue weighted by atomic mass is 9.98. The monoisotopic (exact) mass is 253 g/mol. The lowest BCUT2D eigenvalue weighted by Crippen LogP contribution is -2.04. The van der Waals surface area contributed by atoms with Crippen LogP contribution in [-0.4, -0.2) is 7.11 Å². The van der Waals surface area contributed by atoms with E-state index in [4.69, 9.17) is 10.5 Å². The fraction of sp³-hybridized carbons (Fsp3) is 0.294. The summed E-state index contributed by atoms with van der Waals surface area (Å²) >= 11 is 0. The first-order valence-corrected chi connectivity index (χ1v) is 6.72. The summed E-state index contributed by atoms with van der Waals surface area (Å²) in [7, 11) is 1.71. The highest BCUT2D eigenvalue weighted by molar-refractivity contribution is 5.67. The number of nitrogens with two attached hydrogens (primary N) is 1. The smallest absolute Gasteiger partial charge is 0.121 e. The van der Waals surface area contributed by atoms with Crippen LogP contribution in [0.1, 0.15) is 29.2 Å². The van der Waals surface area contributed by atoms with Crippen LogP contribution >= 0.6 is 0 Å². The Morgan fingerprint density at radius 2 is 1.84 bits per heavy atom. The first kappa shape index (κ1) is 12.2. The molecule has 0 aromatic heterocycles. The van der Waals surface area contributed by atoms with Gasteiger partial charge in [-0.1, -0.05) is 24.3 Å². The third-order valence-corrected chi connectivity index (χ3v) is 4.00. The Hall–Kier alpha value is -1.80. The van der Waals surface area contributed by atoms with Crippen LogP contribution in [0.2, 0.25) is 0 Å². The molecule has 0 heterocycles. The summed E-state index contributed by atoms with van der Waals surface area (Å²) in [5, 5.41) is 0. The molecule has 1 unspecified atom stereocenters. The van der Waals surface area contributed by atoms with E-state index in [2.05, 4.69) is 37.3 Å². The number of ether oxygens (including phenoxy) is 1. The van der Waals surface area contributed by atoms with Crippen LogP contribution in [0.5, 0.6) is 5.75 Å². The average Bonchev–Trinajstić information content (AvgIpc) is 2.80. The Morgan fingerprint density at radius 1 is 1.11 bits per heavy atom. The zero-order chi connectivity index (χ0) is 13.4. The van der Waals surface area contributed by atoms with Crippen LogP contribution in [0.4, 0.5) is 0 Å². The summed E-state index contributed by atoms with van der Waals surface area (Å²) in [6.07, 6.45) is 2.17. The van der Waals surface area contributed by atoms with Gasteiger partial charge in [0, 0.05) is 6.04 Å². The summed E-state index contributed by atoms with van der Waals surface area (Å²) < 4.78 is 5.31. The van der Waals surface area contributed by atoms with Crippen molar-refractivity contribution < 1.29 is 4.74 Å². The molecule has 0 saturated heterocycles. The molecule has 2 heteroatoms. The Labute approximate surface area is 114 Å². The molecule has 0 fully saturated rings. The molecule has 0 spiro atoms. The molecule has 0 aliphatic heterocycles. The number of hydrogen-bond acceptors (Lipinski definition) is 2. The summed E-state index contributed by atoms with van der Waals surface area (Å²) in [6, 6.07) is 13.2. The van der Waals surface area contributed by atoms with Crippen LogP contribution in [0.25, 0.3) is 11.1 Å². The van der Waals surface area contributed by atoms with Gasteiger partial charge in [0.25, 0.3) is 0 Å². The standard InChI is InChI=1S/C17H19NO/c1-11-9-12(5-8-17(11)19-2)13-3-6-15-14(10-13)4-7-16(15)18/h3,5-6,8-10,16H,4,7,18H2,1-2H3. The third-order valence-electron chi connectivity index (χ3n) is 4.00.